The Balaban J connectivity index is 0.000000475. The number of fused-ring (bicyclic) bond motifs is 2. The number of nitrogens with zero attached hydrogens (tertiary/aromatic N) is 1. The Morgan fingerprint density at radius 1 is 0.907 bits per heavy atom. The summed E-state index contributed by atoms with van der Waals surface area (Å²) in [6, 6.07) is 38.5. The minimum atomic E-state index is -0.125. The van der Waals surface area contributed by atoms with Crippen LogP contribution in [-0.2, 0) is 31.3 Å². The van der Waals surface area contributed by atoms with Gasteiger partial charge in [-0.05, 0) is 69.3 Å². The van der Waals surface area contributed by atoms with Crippen molar-refractivity contribution in [1.29, 1.82) is 0 Å². The van der Waals surface area contributed by atoms with Crippen LogP contribution in [-0.4, -0.2) is 15.9 Å². The number of carbonyl (C=O) groups is 1. The molecule has 6 rings (SSSR count). The number of aliphatic hydroxyl groups is 1. The number of pyridine rings is 1. The molecule has 6 aromatic rings. The van der Waals surface area contributed by atoms with Crippen molar-refractivity contribution < 1.29 is 30.0 Å². The number of aliphatic hydroxyl groups excluding tert-OH is 1. The zero-order valence-corrected chi connectivity index (χ0v) is 27.9. The molecular formula is C38H34IrNO2S-. The summed E-state index contributed by atoms with van der Waals surface area (Å²) in [7, 11) is 0. The molecule has 0 unspecified atom stereocenters. The molecule has 219 valence electrons. The smallest absolute Gasteiger partial charge is 0.155 e. The second-order valence-electron chi connectivity index (χ2n) is 10.9. The predicted octanol–water partition coefficient (Wildman–Crippen LogP) is 10.5. The first-order chi connectivity index (χ1) is 20.3. The Morgan fingerprint density at radius 2 is 1.58 bits per heavy atom. The molecule has 0 aliphatic heterocycles. The average Bonchev–Trinajstić information content (AvgIpc) is 3.41. The van der Waals surface area contributed by atoms with E-state index in [4.69, 9.17) is 10.1 Å². The fourth-order valence-corrected chi connectivity index (χ4v) is 6.27. The van der Waals surface area contributed by atoms with Gasteiger partial charge in [-0.3, -0.25) is 9.78 Å². The van der Waals surface area contributed by atoms with Crippen LogP contribution in [0.15, 0.2) is 115 Å². The summed E-state index contributed by atoms with van der Waals surface area (Å²) >= 11 is 1.84. The minimum absolute atomic E-state index is 0. The van der Waals surface area contributed by atoms with Gasteiger partial charge >= 0.3 is 0 Å². The number of aromatic nitrogens is 1. The number of carbonyl (C=O) groups excluding carboxylic acids is 1. The van der Waals surface area contributed by atoms with Crippen LogP contribution in [0, 0.1) is 12.0 Å². The number of allylic oxidation sites excluding steroid dienone is 2. The van der Waals surface area contributed by atoms with Crippen molar-refractivity contribution in [2.45, 2.75) is 34.1 Å². The largest absolute Gasteiger partial charge is 0.512 e. The fraction of sp³-hybridized carbons (Fsp3) is 0.158. The molecule has 0 aliphatic carbocycles. The van der Waals surface area contributed by atoms with E-state index in [1.54, 1.807) is 0 Å². The maximum atomic E-state index is 10.0. The standard InChI is InChI=1S/C33H26NS.C5H8O2.Ir/c1-22(2)17-23-13-14-29-26(18-23)15-16-34-32(29)27-19-28-21-31(25-11-7-4-8-12-25)35-33(28)30(20-27)24-9-5-3-6-10-24;1-4(6)3-5(2)7;/h3-16,18,20-22H,17H2,1-2H3;3,6H,1-2H3;/q-1;;/b;4-3-;. The van der Waals surface area contributed by atoms with Crippen LogP contribution < -0.4 is 0 Å². The van der Waals surface area contributed by atoms with Crippen LogP contribution in [0.1, 0.15) is 33.3 Å². The third-order valence-electron chi connectivity index (χ3n) is 6.82. The molecule has 5 heteroatoms. The second-order valence-corrected chi connectivity index (χ2v) is 11.9. The quantitative estimate of drug-likeness (QED) is 0.105. The van der Waals surface area contributed by atoms with Crippen molar-refractivity contribution in [3.05, 3.63) is 127 Å². The Labute approximate surface area is 271 Å². The second kappa shape index (κ2) is 14.5. The molecule has 2 heterocycles. The van der Waals surface area contributed by atoms with Gasteiger partial charge in [0.1, 0.15) is 0 Å². The van der Waals surface area contributed by atoms with Gasteiger partial charge in [-0.2, -0.15) is 11.3 Å². The van der Waals surface area contributed by atoms with Gasteiger partial charge in [0, 0.05) is 38.1 Å². The average molecular weight is 761 g/mol. The molecule has 0 bridgehead atoms. The Bertz CT molecular complexity index is 1870. The number of benzene rings is 4. The molecule has 0 saturated carbocycles. The summed E-state index contributed by atoms with van der Waals surface area (Å²) < 4.78 is 1.26. The van der Waals surface area contributed by atoms with Crippen LogP contribution >= 0.6 is 11.3 Å². The van der Waals surface area contributed by atoms with Gasteiger partial charge in [-0.1, -0.05) is 104 Å². The Kier molecular flexibility index (Phi) is 10.8. The number of ketones is 1. The van der Waals surface area contributed by atoms with Gasteiger partial charge in [-0.25, -0.2) is 0 Å². The Hall–Kier alpha value is -3.89. The van der Waals surface area contributed by atoms with Crippen molar-refractivity contribution in [3.63, 3.8) is 0 Å². The van der Waals surface area contributed by atoms with Crippen LogP contribution in [0.4, 0.5) is 0 Å². The summed E-state index contributed by atoms with van der Waals surface area (Å²) in [4.78, 5) is 16.1. The van der Waals surface area contributed by atoms with E-state index in [0.29, 0.717) is 5.92 Å². The predicted molar refractivity (Wildman–Crippen MR) is 178 cm³/mol. The first-order valence-electron chi connectivity index (χ1n) is 14.1. The summed E-state index contributed by atoms with van der Waals surface area (Å²) in [5, 5.41) is 11.9. The van der Waals surface area contributed by atoms with Crippen LogP contribution in [0.3, 0.4) is 0 Å². The maximum Gasteiger partial charge on any atom is 0.155 e. The van der Waals surface area contributed by atoms with Crippen LogP contribution in [0.25, 0.3) is 53.7 Å². The molecule has 0 aliphatic rings. The minimum Gasteiger partial charge on any atom is -0.512 e. The zero-order valence-electron chi connectivity index (χ0n) is 24.7. The summed E-state index contributed by atoms with van der Waals surface area (Å²) in [6.07, 6.45) is 4.18. The SMILES string of the molecule is CC(=O)/C=C(/C)O.CC(C)Cc1ccc2c(-c3[c-]c4cc(-c5ccccc5)sc4c(-c4ccccc4)c3)nccc2c1.[Ir]. The van der Waals surface area contributed by atoms with Gasteiger partial charge < -0.3 is 5.11 Å². The topological polar surface area (TPSA) is 50.2 Å². The normalized spacial score (nSPS) is 11.2. The zero-order chi connectivity index (χ0) is 29.6. The number of rotatable bonds is 6. The molecule has 0 saturated heterocycles. The van der Waals surface area contributed by atoms with Crippen molar-refractivity contribution >= 4 is 38.0 Å². The molecule has 2 aromatic heterocycles. The Morgan fingerprint density at radius 3 is 2.19 bits per heavy atom. The number of hydrogen-bond donors (Lipinski definition) is 1. The summed E-state index contributed by atoms with van der Waals surface area (Å²) in [5.74, 6) is 0.572. The van der Waals surface area contributed by atoms with E-state index in [-0.39, 0.29) is 31.6 Å². The fourth-order valence-electron chi connectivity index (χ4n) is 5.11. The summed E-state index contributed by atoms with van der Waals surface area (Å²) in [6.45, 7) is 7.38. The third kappa shape index (κ3) is 7.94. The third-order valence-corrected chi connectivity index (χ3v) is 8.04. The van der Waals surface area contributed by atoms with Gasteiger partial charge in [0.15, 0.2) is 5.78 Å². The molecule has 4 aromatic carbocycles. The molecule has 0 spiro atoms. The van der Waals surface area contributed by atoms with E-state index in [9.17, 15) is 4.79 Å². The van der Waals surface area contributed by atoms with Gasteiger partial charge in [0.05, 0.1) is 5.76 Å². The molecular weight excluding hydrogens is 727 g/mol. The molecule has 1 radical (unpaired) electrons. The van der Waals surface area contributed by atoms with Crippen molar-refractivity contribution in [2.24, 2.45) is 5.92 Å². The molecule has 0 fully saturated rings. The van der Waals surface area contributed by atoms with E-state index in [1.165, 1.54) is 62.5 Å². The van der Waals surface area contributed by atoms with Crippen LogP contribution in [0.5, 0.6) is 0 Å². The van der Waals surface area contributed by atoms with Gasteiger partial charge in [0.25, 0.3) is 0 Å². The molecule has 0 atom stereocenters. The van der Waals surface area contributed by atoms with Gasteiger partial charge in [0.2, 0.25) is 0 Å². The maximum absolute atomic E-state index is 10.0. The number of hydrogen-bond acceptors (Lipinski definition) is 4. The van der Waals surface area contributed by atoms with Crippen molar-refractivity contribution in [3.8, 4) is 32.8 Å². The van der Waals surface area contributed by atoms with Gasteiger partial charge in [-0.15, -0.1) is 23.6 Å². The van der Waals surface area contributed by atoms with E-state index >= 15 is 0 Å². The first kappa shape index (κ1) is 32.0. The first-order valence-corrected chi connectivity index (χ1v) is 15.0. The van der Waals surface area contributed by atoms with E-state index < -0.39 is 0 Å². The summed E-state index contributed by atoms with van der Waals surface area (Å²) in [5.41, 5.74) is 7.09. The monoisotopic (exact) mass is 761 g/mol. The van der Waals surface area contributed by atoms with Crippen molar-refractivity contribution in [1.82, 2.24) is 4.98 Å². The van der Waals surface area contributed by atoms with E-state index in [2.05, 4.69) is 117 Å². The molecule has 43 heavy (non-hydrogen) atoms. The number of thiophene rings is 1. The van der Waals surface area contributed by atoms with E-state index in [1.807, 2.05) is 17.5 Å². The van der Waals surface area contributed by atoms with E-state index in [0.717, 1.165) is 23.1 Å². The molecule has 3 nitrogen and oxygen atoms in total. The van der Waals surface area contributed by atoms with Crippen molar-refractivity contribution in [2.75, 3.05) is 0 Å². The molecule has 1 N–H and O–H groups in total. The van der Waals surface area contributed by atoms with Crippen LogP contribution in [0.2, 0.25) is 0 Å². The molecule has 0 amide bonds.